The van der Waals surface area contributed by atoms with Gasteiger partial charge in [0.2, 0.25) is 0 Å². The van der Waals surface area contributed by atoms with Crippen molar-refractivity contribution in [2.75, 3.05) is 30.9 Å². The Bertz CT molecular complexity index is 948. The first-order valence-electron chi connectivity index (χ1n) is 8.11. The van der Waals surface area contributed by atoms with Crippen molar-refractivity contribution in [3.05, 3.63) is 65.2 Å². The smallest absolute Gasteiger partial charge is 0.349 e. The molecule has 0 heterocycles. The van der Waals surface area contributed by atoms with Gasteiger partial charge in [-0.25, -0.2) is 13.6 Å². The van der Waals surface area contributed by atoms with Crippen molar-refractivity contribution in [1.29, 1.82) is 5.26 Å². The number of ether oxygens (including phenoxy) is 1. The number of carbonyl (C=O) groups excluding carboxylic acids is 2. The molecule has 2 aromatic carbocycles. The van der Waals surface area contributed by atoms with E-state index in [1.54, 1.807) is 18.2 Å². The SMILES string of the molecule is CN(C)c1ccc(/C=C(\C#N)C(=O)OCC(=O)Nc2ccc(F)cc2F)cc1. The van der Waals surface area contributed by atoms with Gasteiger partial charge in [-0.2, -0.15) is 5.26 Å². The van der Waals surface area contributed by atoms with Gasteiger partial charge >= 0.3 is 5.97 Å². The number of nitrogens with one attached hydrogen (secondary N) is 1. The zero-order valence-electron chi connectivity index (χ0n) is 15.2. The van der Waals surface area contributed by atoms with Gasteiger partial charge in [-0.05, 0) is 35.9 Å². The van der Waals surface area contributed by atoms with E-state index < -0.39 is 30.1 Å². The molecule has 0 radical (unpaired) electrons. The van der Waals surface area contributed by atoms with Crippen molar-refractivity contribution >= 4 is 29.3 Å². The fraction of sp³-hybridized carbons (Fsp3) is 0.150. The number of nitrogens with zero attached hydrogens (tertiary/aromatic N) is 2. The number of nitriles is 1. The molecule has 0 atom stereocenters. The Balaban J connectivity index is 1.97. The summed E-state index contributed by atoms with van der Waals surface area (Å²) >= 11 is 0. The van der Waals surface area contributed by atoms with Crippen LogP contribution in [0, 0.1) is 23.0 Å². The lowest BCUT2D eigenvalue weighted by Crippen LogP contribution is -2.22. The Hall–Kier alpha value is -3.73. The molecule has 6 nitrogen and oxygen atoms in total. The first kappa shape index (κ1) is 20.6. The standard InChI is InChI=1S/C20H17F2N3O3/c1-25(2)16-6-3-13(4-7-16)9-14(11-23)20(27)28-12-19(26)24-18-8-5-15(21)10-17(18)22/h3-10H,12H2,1-2H3,(H,24,26)/b14-9+. The molecule has 28 heavy (non-hydrogen) atoms. The number of halogens is 2. The first-order valence-corrected chi connectivity index (χ1v) is 8.11. The summed E-state index contributed by atoms with van der Waals surface area (Å²) in [5.41, 5.74) is 1.01. The average Bonchev–Trinajstić information content (AvgIpc) is 2.66. The van der Waals surface area contributed by atoms with Crippen LogP contribution in [-0.4, -0.2) is 32.6 Å². The molecule has 2 rings (SSSR count). The molecular weight excluding hydrogens is 368 g/mol. The minimum Gasteiger partial charge on any atom is -0.451 e. The molecule has 2 aromatic rings. The van der Waals surface area contributed by atoms with E-state index >= 15 is 0 Å². The lowest BCUT2D eigenvalue weighted by molar-refractivity contribution is -0.142. The van der Waals surface area contributed by atoms with Crippen molar-refractivity contribution in [2.45, 2.75) is 0 Å². The molecule has 0 unspecified atom stereocenters. The van der Waals surface area contributed by atoms with Crippen molar-refractivity contribution in [1.82, 2.24) is 0 Å². The van der Waals surface area contributed by atoms with Crippen LogP contribution in [-0.2, 0) is 14.3 Å². The van der Waals surface area contributed by atoms with E-state index in [1.807, 2.05) is 31.1 Å². The van der Waals surface area contributed by atoms with Crippen molar-refractivity contribution in [2.24, 2.45) is 0 Å². The highest BCUT2D eigenvalue weighted by Gasteiger charge is 2.14. The third-order valence-corrected chi connectivity index (χ3v) is 3.60. The van der Waals surface area contributed by atoms with E-state index in [2.05, 4.69) is 5.32 Å². The van der Waals surface area contributed by atoms with E-state index in [0.717, 1.165) is 17.8 Å². The zero-order valence-corrected chi connectivity index (χ0v) is 15.2. The number of benzene rings is 2. The normalized spacial score (nSPS) is 10.8. The van der Waals surface area contributed by atoms with Gasteiger partial charge in [0, 0.05) is 25.8 Å². The molecule has 0 spiro atoms. The molecule has 0 saturated carbocycles. The van der Waals surface area contributed by atoms with Gasteiger partial charge in [0.1, 0.15) is 23.3 Å². The summed E-state index contributed by atoms with van der Waals surface area (Å²) in [6, 6.07) is 11.4. The van der Waals surface area contributed by atoms with Gasteiger partial charge in [0.05, 0.1) is 5.69 Å². The summed E-state index contributed by atoms with van der Waals surface area (Å²) in [6.07, 6.45) is 1.33. The topological polar surface area (TPSA) is 82.4 Å². The molecule has 0 aliphatic rings. The molecule has 1 N–H and O–H groups in total. The van der Waals surface area contributed by atoms with E-state index in [9.17, 15) is 18.4 Å². The van der Waals surface area contributed by atoms with Gasteiger partial charge in [0.25, 0.3) is 5.91 Å². The molecule has 0 fully saturated rings. The second-order valence-corrected chi connectivity index (χ2v) is 5.90. The van der Waals surface area contributed by atoms with E-state index in [1.165, 1.54) is 6.08 Å². The van der Waals surface area contributed by atoms with Crippen LogP contribution in [0.5, 0.6) is 0 Å². The van der Waals surface area contributed by atoms with Crippen LogP contribution in [0.4, 0.5) is 20.2 Å². The van der Waals surface area contributed by atoms with Gasteiger partial charge in [-0.1, -0.05) is 12.1 Å². The number of esters is 1. The Morgan fingerprint density at radius 2 is 1.86 bits per heavy atom. The highest BCUT2D eigenvalue weighted by molar-refractivity contribution is 6.00. The maximum Gasteiger partial charge on any atom is 0.349 e. The van der Waals surface area contributed by atoms with Gasteiger partial charge in [-0.3, -0.25) is 4.79 Å². The summed E-state index contributed by atoms with van der Waals surface area (Å²) in [4.78, 5) is 25.7. The van der Waals surface area contributed by atoms with Crippen LogP contribution in [0.2, 0.25) is 0 Å². The number of hydrogen-bond acceptors (Lipinski definition) is 5. The molecular formula is C20H17F2N3O3. The molecule has 0 bridgehead atoms. The second-order valence-electron chi connectivity index (χ2n) is 5.90. The third kappa shape index (κ3) is 5.64. The molecule has 144 valence electrons. The van der Waals surface area contributed by atoms with Crippen LogP contribution < -0.4 is 10.2 Å². The second kappa shape index (κ2) is 9.28. The number of hydrogen-bond donors (Lipinski definition) is 1. The third-order valence-electron chi connectivity index (χ3n) is 3.60. The minimum absolute atomic E-state index is 0.250. The van der Waals surface area contributed by atoms with Gasteiger partial charge in [0.15, 0.2) is 6.61 Å². The van der Waals surface area contributed by atoms with Crippen LogP contribution in [0.1, 0.15) is 5.56 Å². The van der Waals surface area contributed by atoms with Crippen molar-refractivity contribution in [3.8, 4) is 6.07 Å². The highest BCUT2D eigenvalue weighted by Crippen LogP contribution is 2.16. The molecule has 0 aliphatic carbocycles. The lowest BCUT2D eigenvalue weighted by Gasteiger charge is -2.11. The predicted octanol–water partition coefficient (Wildman–Crippen LogP) is 3.12. The molecule has 0 aliphatic heterocycles. The molecule has 0 aromatic heterocycles. The largest absolute Gasteiger partial charge is 0.451 e. The van der Waals surface area contributed by atoms with E-state index in [-0.39, 0.29) is 11.3 Å². The number of carbonyl (C=O) groups is 2. The molecule has 0 saturated heterocycles. The summed E-state index contributed by atoms with van der Waals surface area (Å²) in [5.74, 6) is -3.57. The molecule has 1 amide bonds. The Kier molecular flexibility index (Phi) is 6.82. The number of amides is 1. The first-order chi connectivity index (χ1) is 13.3. The summed E-state index contributed by atoms with van der Waals surface area (Å²) in [7, 11) is 3.76. The van der Waals surface area contributed by atoms with Crippen molar-refractivity contribution < 1.29 is 23.1 Å². The summed E-state index contributed by atoms with van der Waals surface area (Å²) in [5, 5.41) is 11.3. The quantitative estimate of drug-likeness (QED) is 0.469. The van der Waals surface area contributed by atoms with Crippen LogP contribution in [0.3, 0.4) is 0 Å². The Morgan fingerprint density at radius 1 is 1.18 bits per heavy atom. The number of anilines is 2. The maximum atomic E-state index is 13.5. The lowest BCUT2D eigenvalue weighted by atomic mass is 10.1. The number of rotatable bonds is 6. The van der Waals surface area contributed by atoms with Gasteiger partial charge in [-0.15, -0.1) is 0 Å². The Labute approximate surface area is 160 Å². The van der Waals surface area contributed by atoms with Crippen LogP contribution >= 0.6 is 0 Å². The Morgan fingerprint density at radius 3 is 2.43 bits per heavy atom. The van der Waals surface area contributed by atoms with E-state index in [4.69, 9.17) is 10.00 Å². The van der Waals surface area contributed by atoms with Crippen LogP contribution in [0.15, 0.2) is 48.0 Å². The van der Waals surface area contributed by atoms with Crippen LogP contribution in [0.25, 0.3) is 6.08 Å². The summed E-state index contributed by atoms with van der Waals surface area (Å²) < 4.78 is 31.1. The van der Waals surface area contributed by atoms with Gasteiger partial charge < -0.3 is 15.0 Å². The maximum absolute atomic E-state index is 13.5. The average molecular weight is 385 g/mol. The molecule has 8 heteroatoms. The monoisotopic (exact) mass is 385 g/mol. The predicted molar refractivity (Wildman–Crippen MR) is 100 cm³/mol. The summed E-state index contributed by atoms with van der Waals surface area (Å²) in [6.45, 7) is -0.728. The highest BCUT2D eigenvalue weighted by atomic mass is 19.1. The fourth-order valence-electron chi connectivity index (χ4n) is 2.16. The van der Waals surface area contributed by atoms with E-state index in [0.29, 0.717) is 11.6 Å². The fourth-order valence-corrected chi connectivity index (χ4v) is 2.16. The van der Waals surface area contributed by atoms with Crippen molar-refractivity contribution in [3.63, 3.8) is 0 Å². The zero-order chi connectivity index (χ0) is 20.7. The minimum atomic E-state index is -0.992.